The van der Waals surface area contributed by atoms with Crippen molar-refractivity contribution in [3.8, 4) is 0 Å². The summed E-state index contributed by atoms with van der Waals surface area (Å²) in [6.07, 6.45) is 6.89. The van der Waals surface area contributed by atoms with E-state index < -0.39 is 24.1 Å². The maximum atomic E-state index is 13.4. The van der Waals surface area contributed by atoms with Crippen molar-refractivity contribution >= 4 is 17.8 Å². The molecule has 1 aromatic carbocycles. The highest BCUT2D eigenvalue weighted by molar-refractivity contribution is 5.99. The molecule has 2 amide bonds. The van der Waals surface area contributed by atoms with Gasteiger partial charge in [-0.3, -0.25) is 14.6 Å². The molecule has 3 atom stereocenters. The first kappa shape index (κ1) is 25.4. The number of piperazine rings is 1. The molecule has 0 saturated carbocycles. The number of aryl methyl sites for hydroxylation is 1. The van der Waals surface area contributed by atoms with Gasteiger partial charge in [0.1, 0.15) is 12.1 Å². The van der Waals surface area contributed by atoms with Crippen LogP contribution < -0.4 is 5.32 Å². The molecular weight excluding hydrogens is 430 g/mol. The molecule has 0 radical (unpaired) electrons. The molecule has 1 aliphatic carbocycles. The molecule has 7 heteroatoms. The van der Waals surface area contributed by atoms with E-state index in [4.69, 9.17) is 0 Å². The molecule has 2 heterocycles. The number of nitrogens with one attached hydrogen (secondary N) is 1. The molecule has 1 aliphatic heterocycles. The van der Waals surface area contributed by atoms with Crippen molar-refractivity contribution in [2.24, 2.45) is 5.92 Å². The molecule has 2 aliphatic rings. The maximum Gasteiger partial charge on any atom is 0.331 e. The number of aliphatic carboxylic acids is 1. The Morgan fingerprint density at radius 3 is 2.21 bits per heavy atom. The third-order valence-corrected chi connectivity index (χ3v) is 6.64. The summed E-state index contributed by atoms with van der Waals surface area (Å²) in [6.45, 7) is 7.78. The third kappa shape index (κ3) is 5.46. The van der Waals surface area contributed by atoms with E-state index in [-0.39, 0.29) is 17.7 Å². The predicted octanol–water partition coefficient (Wildman–Crippen LogP) is 3.84. The van der Waals surface area contributed by atoms with Gasteiger partial charge in [0.15, 0.2) is 6.04 Å². The topological polar surface area (TPSA) is 99.6 Å². The number of aromatic nitrogens is 1. The molecule has 1 fully saturated rings. The van der Waals surface area contributed by atoms with Crippen LogP contribution in [-0.4, -0.2) is 44.9 Å². The Hall–Kier alpha value is -3.22. The smallest absolute Gasteiger partial charge is 0.331 e. The van der Waals surface area contributed by atoms with Gasteiger partial charge in [-0.25, -0.2) is 4.79 Å². The number of carbonyl (C=O) groups excluding carboxylic acids is 2. The van der Waals surface area contributed by atoms with Crippen LogP contribution in [0.25, 0.3) is 0 Å². The van der Waals surface area contributed by atoms with Crippen LogP contribution >= 0.6 is 0 Å². The van der Waals surface area contributed by atoms with Gasteiger partial charge in [-0.15, -0.1) is 0 Å². The fourth-order valence-corrected chi connectivity index (χ4v) is 4.73. The second-order valence-electron chi connectivity index (χ2n) is 9.17. The number of carboxylic acids is 1. The van der Waals surface area contributed by atoms with Crippen LogP contribution in [0.2, 0.25) is 0 Å². The number of carboxylic acid groups (broad SMARTS) is 1. The molecule has 7 nitrogen and oxygen atoms in total. The highest BCUT2D eigenvalue weighted by Crippen LogP contribution is 2.33. The number of amides is 2. The zero-order chi connectivity index (χ0) is 24.8. The van der Waals surface area contributed by atoms with Crippen LogP contribution in [0.3, 0.4) is 0 Å². The summed E-state index contributed by atoms with van der Waals surface area (Å²) < 4.78 is 0. The van der Waals surface area contributed by atoms with E-state index >= 15 is 0 Å². The number of benzene rings is 1. The zero-order valence-electron chi connectivity index (χ0n) is 20.5. The molecular formula is C27H35N3O4. The predicted molar refractivity (Wildman–Crippen MR) is 130 cm³/mol. The summed E-state index contributed by atoms with van der Waals surface area (Å²) in [5.74, 6) is -1.97. The van der Waals surface area contributed by atoms with Crippen molar-refractivity contribution in [1.82, 2.24) is 15.2 Å². The largest absolute Gasteiger partial charge is 0.479 e. The standard InChI is InChI=1S/C22H23N3O4.C5H12/c1-12-7-8-16(11-23-12)19(22(28)29)25-13(2)20(26)24-18(21(25)27)17-9-14-5-3-4-6-15(14)10-17;1-3-5-4-2/h3-8,11,13,17-19H,9-10H2,1-2H3,(H,24,26)(H,28,29);3-5H2,1-2H3/t13-,18-,19?;/m1./s1. The van der Waals surface area contributed by atoms with Gasteiger partial charge in [0.05, 0.1) is 0 Å². The monoisotopic (exact) mass is 465 g/mol. The molecule has 2 aromatic rings. The lowest BCUT2D eigenvalue weighted by molar-refractivity contribution is -0.161. The van der Waals surface area contributed by atoms with Gasteiger partial charge >= 0.3 is 5.97 Å². The molecule has 1 unspecified atom stereocenters. The molecule has 182 valence electrons. The quantitative estimate of drug-likeness (QED) is 0.675. The van der Waals surface area contributed by atoms with E-state index in [0.717, 1.165) is 5.69 Å². The molecule has 0 spiro atoms. The first-order valence-corrected chi connectivity index (χ1v) is 12.1. The van der Waals surface area contributed by atoms with E-state index in [1.54, 1.807) is 26.0 Å². The Balaban J connectivity index is 0.000000588. The lowest BCUT2D eigenvalue weighted by Crippen LogP contribution is -2.65. The molecule has 1 saturated heterocycles. The van der Waals surface area contributed by atoms with E-state index in [9.17, 15) is 19.5 Å². The van der Waals surface area contributed by atoms with E-state index in [0.29, 0.717) is 18.4 Å². The lowest BCUT2D eigenvalue weighted by atomic mass is 9.90. The minimum absolute atomic E-state index is 0.0931. The summed E-state index contributed by atoms with van der Waals surface area (Å²) in [5, 5.41) is 12.7. The van der Waals surface area contributed by atoms with Crippen LogP contribution in [0.1, 0.15) is 68.5 Å². The molecule has 4 rings (SSSR count). The highest BCUT2D eigenvalue weighted by Gasteiger charge is 2.48. The van der Waals surface area contributed by atoms with Crippen molar-refractivity contribution in [2.45, 2.75) is 77.9 Å². The Morgan fingerprint density at radius 1 is 1.12 bits per heavy atom. The summed E-state index contributed by atoms with van der Waals surface area (Å²) in [7, 11) is 0. The number of unbranched alkanes of at least 4 members (excludes halogenated alkanes) is 2. The van der Waals surface area contributed by atoms with E-state index in [2.05, 4.69) is 24.1 Å². The minimum Gasteiger partial charge on any atom is -0.479 e. The van der Waals surface area contributed by atoms with Crippen LogP contribution in [-0.2, 0) is 27.2 Å². The average Bonchev–Trinajstić information content (AvgIpc) is 3.25. The molecule has 1 aromatic heterocycles. The molecule has 2 N–H and O–H groups in total. The Bertz CT molecular complexity index is 994. The first-order valence-electron chi connectivity index (χ1n) is 12.1. The number of hydrogen-bond acceptors (Lipinski definition) is 4. The van der Waals surface area contributed by atoms with Gasteiger partial charge in [0.2, 0.25) is 11.8 Å². The first-order chi connectivity index (χ1) is 16.3. The van der Waals surface area contributed by atoms with Crippen molar-refractivity contribution < 1.29 is 19.5 Å². The fraction of sp³-hybridized carbons (Fsp3) is 0.481. The lowest BCUT2D eigenvalue weighted by Gasteiger charge is -2.42. The van der Waals surface area contributed by atoms with E-state index in [1.165, 1.54) is 41.5 Å². The van der Waals surface area contributed by atoms with Gasteiger partial charge in [-0.05, 0) is 49.8 Å². The van der Waals surface area contributed by atoms with Gasteiger partial charge in [-0.1, -0.05) is 63.4 Å². The van der Waals surface area contributed by atoms with Gasteiger partial charge < -0.3 is 15.3 Å². The van der Waals surface area contributed by atoms with Crippen molar-refractivity contribution in [3.63, 3.8) is 0 Å². The van der Waals surface area contributed by atoms with Crippen LogP contribution in [0.5, 0.6) is 0 Å². The summed E-state index contributed by atoms with van der Waals surface area (Å²) in [4.78, 5) is 43.6. The van der Waals surface area contributed by atoms with Crippen molar-refractivity contribution in [3.05, 3.63) is 65.0 Å². The number of rotatable bonds is 6. The SMILES string of the molecule is CCCCC.Cc1ccc(C(C(=O)O)N2C(=O)[C@@H](C3Cc4ccccc4C3)NC(=O)[C@H]2C)cn1. The summed E-state index contributed by atoms with van der Waals surface area (Å²) in [5.41, 5.74) is 3.46. The number of hydrogen-bond donors (Lipinski definition) is 2. The van der Waals surface area contributed by atoms with Gasteiger partial charge in [0, 0.05) is 17.5 Å². The Labute approximate surface area is 201 Å². The van der Waals surface area contributed by atoms with Gasteiger partial charge in [-0.2, -0.15) is 0 Å². The summed E-state index contributed by atoms with van der Waals surface area (Å²) in [6, 6.07) is 8.44. The third-order valence-electron chi connectivity index (χ3n) is 6.64. The minimum atomic E-state index is -1.26. The maximum absolute atomic E-state index is 13.4. The molecule has 0 bridgehead atoms. The normalized spacial score (nSPS) is 20.8. The number of pyridine rings is 1. The zero-order valence-corrected chi connectivity index (χ0v) is 20.5. The summed E-state index contributed by atoms with van der Waals surface area (Å²) >= 11 is 0. The number of nitrogens with zero attached hydrogens (tertiary/aromatic N) is 2. The van der Waals surface area contributed by atoms with Crippen LogP contribution in [0.4, 0.5) is 0 Å². The van der Waals surface area contributed by atoms with Crippen molar-refractivity contribution in [1.29, 1.82) is 0 Å². The second kappa shape index (κ2) is 11.3. The fourth-order valence-electron chi connectivity index (χ4n) is 4.73. The van der Waals surface area contributed by atoms with E-state index in [1.807, 2.05) is 24.3 Å². The second-order valence-corrected chi connectivity index (χ2v) is 9.17. The number of fused-ring (bicyclic) bond motifs is 1. The van der Waals surface area contributed by atoms with Crippen molar-refractivity contribution in [2.75, 3.05) is 0 Å². The molecule has 34 heavy (non-hydrogen) atoms. The van der Waals surface area contributed by atoms with Crippen LogP contribution in [0, 0.1) is 12.8 Å². The Kier molecular flexibility index (Phi) is 8.42. The number of carbonyl (C=O) groups is 3. The van der Waals surface area contributed by atoms with Gasteiger partial charge in [0.25, 0.3) is 0 Å². The van der Waals surface area contributed by atoms with Crippen LogP contribution in [0.15, 0.2) is 42.6 Å². The highest BCUT2D eigenvalue weighted by atomic mass is 16.4. The average molecular weight is 466 g/mol. The Morgan fingerprint density at radius 2 is 1.74 bits per heavy atom.